The quantitative estimate of drug-likeness (QED) is 0.777. The summed E-state index contributed by atoms with van der Waals surface area (Å²) < 4.78 is 4.76. The fourth-order valence-corrected chi connectivity index (χ4v) is 2.45. The number of esters is 1. The molecule has 1 saturated heterocycles. The Hall–Kier alpha value is -1.84. The van der Waals surface area contributed by atoms with Crippen LogP contribution in [0.25, 0.3) is 0 Å². The monoisotopic (exact) mass is 261 g/mol. The van der Waals surface area contributed by atoms with Gasteiger partial charge in [-0.3, -0.25) is 9.59 Å². The van der Waals surface area contributed by atoms with Crippen LogP contribution >= 0.6 is 0 Å². The minimum absolute atomic E-state index is 0.0832. The van der Waals surface area contributed by atoms with Crippen molar-refractivity contribution in [1.82, 2.24) is 4.90 Å². The van der Waals surface area contributed by atoms with Crippen molar-refractivity contribution in [1.29, 1.82) is 0 Å². The molecule has 19 heavy (non-hydrogen) atoms. The molecule has 4 nitrogen and oxygen atoms in total. The third-order valence-corrected chi connectivity index (χ3v) is 3.51. The molecule has 0 spiro atoms. The highest BCUT2D eigenvalue weighted by molar-refractivity contribution is 5.80. The van der Waals surface area contributed by atoms with E-state index >= 15 is 0 Å². The number of hydrogen-bond donors (Lipinski definition) is 0. The van der Waals surface area contributed by atoms with Crippen molar-refractivity contribution in [2.45, 2.75) is 19.3 Å². The average molecular weight is 261 g/mol. The molecular formula is C15H19NO3. The smallest absolute Gasteiger partial charge is 0.310 e. The Kier molecular flexibility index (Phi) is 4.55. The Morgan fingerprint density at radius 3 is 2.74 bits per heavy atom. The van der Waals surface area contributed by atoms with Crippen molar-refractivity contribution in [2.24, 2.45) is 5.92 Å². The Bertz CT molecular complexity index is 444. The van der Waals surface area contributed by atoms with Crippen LogP contribution in [0.2, 0.25) is 0 Å². The Morgan fingerprint density at radius 1 is 1.32 bits per heavy atom. The van der Waals surface area contributed by atoms with E-state index in [9.17, 15) is 9.59 Å². The summed E-state index contributed by atoms with van der Waals surface area (Å²) >= 11 is 0. The number of amides is 1. The van der Waals surface area contributed by atoms with Gasteiger partial charge in [0.05, 0.1) is 19.4 Å². The van der Waals surface area contributed by atoms with Gasteiger partial charge in [0.2, 0.25) is 5.91 Å². The molecule has 1 fully saturated rings. The van der Waals surface area contributed by atoms with E-state index < -0.39 is 0 Å². The fraction of sp³-hybridized carbons (Fsp3) is 0.467. The van der Waals surface area contributed by atoms with E-state index in [2.05, 4.69) is 0 Å². The van der Waals surface area contributed by atoms with Crippen LogP contribution in [0, 0.1) is 5.92 Å². The first-order chi connectivity index (χ1) is 9.20. The molecule has 1 amide bonds. The van der Waals surface area contributed by atoms with Gasteiger partial charge in [0, 0.05) is 13.1 Å². The molecule has 1 atom stereocenters. The lowest BCUT2D eigenvalue weighted by Crippen LogP contribution is -2.43. The summed E-state index contributed by atoms with van der Waals surface area (Å²) in [5.74, 6) is -0.296. The third kappa shape index (κ3) is 3.56. The molecule has 4 heteroatoms. The van der Waals surface area contributed by atoms with E-state index in [0.29, 0.717) is 13.0 Å². The molecule has 0 aromatic heterocycles. The highest BCUT2D eigenvalue weighted by Gasteiger charge is 2.28. The molecular weight excluding hydrogens is 242 g/mol. The molecule has 102 valence electrons. The van der Waals surface area contributed by atoms with Crippen molar-refractivity contribution in [3.63, 3.8) is 0 Å². The molecule has 0 bridgehead atoms. The molecule has 0 saturated carbocycles. The SMILES string of the molecule is COC(=O)[C@@H]1CCCN(C(=O)Cc2ccccc2)C1. The molecule has 0 aliphatic carbocycles. The maximum Gasteiger partial charge on any atom is 0.310 e. The molecule has 0 N–H and O–H groups in total. The van der Waals surface area contributed by atoms with Crippen LogP contribution < -0.4 is 0 Å². The van der Waals surface area contributed by atoms with Crippen molar-refractivity contribution in [3.8, 4) is 0 Å². The second-order valence-electron chi connectivity index (χ2n) is 4.86. The summed E-state index contributed by atoms with van der Waals surface area (Å²) in [7, 11) is 1.40. The van der Waals surface area contributed by atoms with E-state index in [4.69, 9.17) is 4.74 Å². The van der Waals surface area contributed by atoms with Crippen molar-refractivity contribution in [3.05, 3.63) is 35.9 Å². The topological polar surface area (TPSA) is 46.6 Å². The first-order valence-corrected chi connectivity index (χ1v) is 6.60. The highest BCUT2D eigenvalue weighted by Crippen LogP contribution is 2.18. The first kappa shape index (κ1) is 13.6. The number of methoxy groups -OCH3 is 1. The first-order valence-electron chi connectivity index (χ1n) is 6.60. The molecule has 2 rings (SSSR count). The fourth-order valence-electron chi connectivity index (χ4n) is 2.45. The summed E-state index contributed by atoms with van der Waals surface area (Å²) in [6, 6.07) is 9.67. The number of likely N-dealkylation sites (tertiary alicyclic amines) is 1. The molecule has 1 aromatic rings. The van der Waals surface area contributed by atoms with E-state index in [-0.39, 0.29) is 17.8 Å². The Morgan fingerprint density at radius 2 is 2.05 bits per heavy atom. The predicted molar refractivity (Wildman–Crippen MR) is 71.5 cm³/mol. The van der Waals surface area contributed by atoms with Gasteiger partial charge in [-0.05, 0) is 18.4 Å². The molecule has 1 heterocycles. The number of nitrogens with zero attached hydrogens (tertiary/aromatic N) is 1. The minimum Gasteiger partial charge on any atom is -0.469 e. The summed E-state index contributed by atoms with van der Waals surface area (Å²) in [6.07, 6.45) is 2.07. The van der Waals surface area contributed by atoms with E-state index in [1.54, 1.807) is 4.90 Å². The Labute approximate surface area is 113 Å². The number of benzene rings is 1. The zero-order chi connectivity index (χ0) is 13.7. The standard InChI is InChI=1S/C15H19NO3/c1-19-15(18)13-8-5-9-16(11-13)14(17)10-12-6-3-2-4-7-12/h2-4,6-7,13H,5,8-11H2,1H3/t13-/m1/s1. The van der Waals surface area contributed by atoms with Crippen molar-refractivity contribution < 1.29 is 14.3 Å². The number of piperidine rings is 1. The number of carbonyl (C=O) groups excluding carboxylic acids is 2. The van der Waals surface area contributed by atoms with Crippen LogP contribution in [0.4, 0.5) is 0 Å². The van der Waals surface area contributed by atoms with Crippen LogP contribution in [0.1, 0.15) is 18.4 Å². The summed E-state index contributed by atoms with van der Waals surface area (Å²) in [6.45, 7) is 1.22. The third-order valence-electron chi connectivity index (χ3n) is 3.51. The number of carbonyl (C=O) groups is 2. The van der Waals surface area contributed by atoms with Crippen molar-refractivity contribution in [2.75, 3.05) is 20.2 Å². The van der Waals surface area contributed by atoms with E-state index in [1.165, 1.54) is 7.11 Å². The predicted octanol–water partition coefficient (Wildman–Crippen LogP) is 1.64. The normalized spacial score (nSPS) is 19.0. The second kappa shape index (κ2) is 6.36. The van der Waals surface area contributed by atoms with Gasteiger partial charge in [-0.25, -0.2) is 0 Å². The maximum absolute atomic E-state index is 12.2. The van der Waals surface area contributed by atoms with Gasteiger partial charge >= 0.3 is 5.97 Å². The summed E-state index contributed by atoms with van der Waals surface area (Å²) in [5, 5.41) is 0. The largest absolute Gasteiger partial charge is 0.469 e. The number of hydrogen-bond acceptors (Lipinski definition) is 3. The molecule has 0 unspecified atom stereocenters. The van der Waals surface area contributed by atoms with E-state index in [1.807, 2.05) is 30.3 Å². The highest BCUT2D eigenvalue weighted by atomic mass is 16.5. The van der Waals surface area contributed by atoms with Gasteiger partial charge in [0.1, 0.15) is 0 Å². The van der Waals surface area contributed by atoms with Crippen LogP contribution in [-0.2, 0) is 20.7 Å². The zero-order valence-electron chi connectivity index (χ0n) is 11.2. The summed E-state index contributed by atoms with van der Waals surface area (Å²) in [5.41, 5.74) is 1.01. The van der Waals surface area contributed by atoms with Gasteiger partial charge in [-0.2, -0.15) is 0 Å². The lowest BCUT2D eigenvalue weighted by molar-refractivity contribution is -0.148. The molecule has 1 aromatic carbocycles. The van der Waals surface area contributed by atoms with Gasteiger partial charge in [0.15, 0.2) is 0 Å². The van der Waals surface area contributed by atoms with Crippen LogP contribution in [0.15, 0.2) is 30.3 Å². The lowest BCUT2D eigenvalue weighted by atomic mass is 9.97. The number of rotatable bonds is 3. The van der Waals surface area contributed by atoms with Crippen LogP contribution in [0.5, 0.6) is 0 Å². The van der Waals surface area contributed by atoms with Crippen LogP contribution in [-0.4, -0.2) is 37.0 Å². The van der Waals surface area contributed by atoms with Gasteiger partial charge in [0.25, 0.3) is 0 Å². The average Bonchev–Trinajstić information content (AvgIpc) is 2.47. The van der Waals surface area contributed by atoms with Gasteiger partial charge in [-0.15, -0.1) is 0 Å². The van der Waals surface area contributed by atoms with Gasteiger partial charge in [-0.1, -0.05) is 30.3 Å². The van der Waals surface area contributed by atoms with Gasteiger partial charge < -0.3 is 9.64 Å². The summed E-state index contributed by atoms with van der Waals surface area (Å²) in [4.78, 5) is 25.5. The maximum atomic E-state index is 12.2. The molecule has 1 aliphatic heterocycles. The van der Waals surface area contributed by atoms with Crippen LogP contribution in [0.3, 0.4) is 0 Å². The lowest BCUT2D eigenvalue weighted by Gasteiger charge is -2.31. The zero-order valence-corrected chi connectivity index (χ0v) is 11.2. The second-order valence-corrected chi connectivity index (χ2v) is 4.86. The minimum atomic E-state index is -0.211. The Balaban J connectivity index is 1.94. The number of ether oxygens (including phenoxy) is 1. The van der Waals surface area contributed by atoms with Crippen molar-refractivity contribution >= 4 is 11.9 Å². The molecule has 1 aliphatic rings. The molecule has 0 radical (unpaired) electrons. The van der Waals surface area contributed by atoms with E-state index in [0.717, 1.165) is 24.9 Å².